The molecule has 1 atom stereocenters. The third-order valence-electron chi connectivity index (χ3n) is 2.12. The summed E-state index contributed by atoms with van der Waals surface area (Å²) in [4.78, 5) is 10.8. The van der Waals surface area contributed by atoms with Gasteiger partial charge in [0.25, 0.3) is 0 Å². The van der Waals surface area contributed by atoms with Crippen LogP contribution in [0.5, 0.6) is 0 Å². The van der Waals surface area contributed by atoms with E-state index in [1.807, 2.05) is 0 Å². The summed E-state index contributed by atoms with van der Waals surface area (Å²) in [6.07, 6.45) is 1.67. The van der Waals surface area contributed by atoms with E-state index in [-0.39, 0.29) is 5.97 Å². The molecule has 2 nitrogen and oxygen atoms in total. The van der Waals surface area contributed by atoms with Crippen LogP contribution in [0, 0.1) is 11.8 Å². The molecule has 1 fully saturated rings. The van der Waals surface area contributed by atoms with Gasteiger partial charge in [-0.3, -0.25) is 4.79 Å². The van der Waals surface area contributed by atoms with Gasteiger partial charge in [-0.15, -0.1) is 0 Å². The van der Waals surface area contributed by atoms with E-state index < -0.39 is 0 Å². The van der Waals surface area contributed by atoms with Gasteiger partial charge in [-0.05, 0) is 18.3 Å². The molecule has 10 heavy (non-hydrogen) atoms. The summed E-state index contributed by atoms with van der Waals surface area (Å²) in [7, 11) is 0. The Hall–Kier alpha value is -0.530. The maximum atomic E-state index is 10.8. The van der Waals surface area contributed by atoms with Crippen molar-refractivity contribution in [2.24, 2.45) is 11.8 Å². The fraction of sp³-hybridized carbons (Fsp3) is 0.875. The number of carbonyl (C=O) groups excluding carboxylic acids is 1. The van der Waals surface area contributed by atoms with E-state index in [9.17, 15) is 4.79 Å². The summed E-state index contributed by atoms with van der Waals surface area (Å²) in [5.74, 6) is 1.15. The zero-order chi connectivity index (χ0) is 7.56. The normalized spacial score (nSPS) is 26.7. The SMILES string of the molecule is CC(C)[C@@H]1CCOC(=O)C1. The number of rotatable bonds is 1. The molecule has 1 rings (SSSR count). The third kappa shape index (κ3) is 1.72. The van der Waals surface area contributed by atoms with Gasteiger partial charge in [0.2, 0.25) is 0 Å². The fourth-order valence-electron chi connectivity index (χ4n) is 1.27. The summed E-state index contributed by atoms with van der Waals surface area (Å²) in [6.45, 7) is 4.94. The molecule has 1 aliphatic heterocycles. The number of carbonyl (C=O) groups is 1. The standard InChI is InChI=1S/C8H14O2/c1-6(2)7-3-4-10-8(9)5-7/h6-7H,3-5H2,1-2H3/t7-/m1/s1. The molecule has 0 aromatic rings. The molecular formula is C8H14O2. The summed E-state index contributed by atoms with van der Waals surface area (Å²) in [5.41, 5.74) is 0. The van der Waals surface area contributed by atoms with Crippen LogP contribution in [0.1, 0.15) is 26.7 Å². The molecule has 0 aliphatic carbocycles. The van der Waals surface area contributed by atoms with Gasteiger partial charge in [0, 0.05) is 6.42 Å². The van der Waals surface area contributed by atoms with Gasteiger partial charge in [-0.2, -0.15) is 0 Å². The van der Waals surface area contributed by atoms with Gasteiger partial charge in [0.05, 0.1) is 6.61 Å². The van der Waals surface area contributed by atoms with Crippen LogP contribution in [0.2, 0.25) is 0 Å². The fourth-order valence-corrected chi connectivity index (χ4v) is 1.27. The lowest BCUT2D eigenvalue weighted by Gasteiger charge is -2.23. The maximum absolute atomic E-state index is 10.8. The summed E-state index contributed by atoms with van der Waals surface area (Å²) < 4.78 is 4.82. The molecule has 0 saturated carbocycles. The Morgan fingerprint density at radius 2 is 2.30 bits per heavy atom. The number of cyclic esters (lactones) is 1. The van der Waals surface area contributed by atoms with Gasteiger partial charge in [0.1, 0.15) is 0 Å². The largest absolute Gasteiger partial charge is 0.466 e. The highest BCUT2D eigenvalue weighted by atomic mass is 16.5. The molecule has 0 aromatic carbocycles. The van der Waals surface area contributed by atoms with Gasteiger partial charge in [-0.1, -0.05) is 13.8 Å². The minimum Gasteiger partial charge on any atom is -0.466 e. The van der Waals surface area contributed by atoms with E-state index in [1.54, 1.807) is 0 Å². The first-order valence-electron chi connectivity index (χ1n) is 3.86. The zero-order valence-electron chi connectivity index (χ0n) is 6.59. The van der Waals surface area contributed by atoms with E-state index in [1.165, 1.54) is 0 Å². The highest BCUT2D eigenvalue weighted by Gasteiger charge is 2.22. The van der Waals surface area contributed by atoms with Crippen LogP contribution < -0.4 is 0 Å². The van der Waals surface area contributed by atoms with Crippen molar-refractivity contribution in [3.8, 4) is 0 Å². The Kier molecular flexibility index (Phi) is 2.30. The van der Waals surface area contributed by atoms with Crippen molar-refractivity contribution < 1.29 is 9.53 Å². The molecule has 1 aliphatic rings. The van der Waals surface area contributed by atoms with Crippen LogP contribution in [0.4, 0.5) is 0 Å². The topological polar surface area (TPSA) is 26.3 Å². The predicted molar refractivity (Wildman–Crippen MR) is 38.5 cm³/mol. The number of esters is 1. The van der Waals surface area contributed by atoms with Gasteiger partial charge in [-0.25, -0.2) is 0 Å². The van der Waals surface area contributed by atoms with Crippen molar-refractivity contribution in [3.63, 3.8) is 0 Å². The van der Waals surface area contributed by atoms with Crippen molar-refractivity contribution in [1.29, 1.82) is 0 Å². The molecule has 58 valence electrons. The van der Waals surface area contributed by atoms with Crippen molar-refractivity contribution in [2.45, 2.75) is 26.7 Å². The lowest BCUT2D eigenvalue weighted by Crippen LogP contribution is -2.24. The smallest absolute Gasteiger partial charge is 0.306 e. The van der Waals surface area contributed by atoms with Crippen LogP contribution in [-0.4, -0.2) is 12.6 Å². The quantitative estimate of drug-likeness (QED) is 0.520. The molecule has 0 N–H and O–H groups in total. The Labute approximate surface area is 61.6 Å². The van der Waals surface area contributed by atoms with E-state index in [0.717, 1.165) is 6.42 Å². The summed E-state index contributed by atoms with van der Waals surface area (Å²) in [5, 5.41) is 0. The predicted octanol–water partition coefficient (Wildman–Crippen LogP) is 1.60. The Bertz CT molecular complexity index is 129. The second-order valence-electron chi connectivity index (χ2n) is 3.22. The maximum Gasteiger partial charge on any atom is 0.306 e. The monoisotopic (exact) mass is 142 g/mol. The molecule has 0 spiro atoms. The first-order chi connectivity index (χ1) is 4.70. The summed E-state index contributed by atoms with van der Waals surface area (Å²) in [6, 6.07) is 0. The minimum atomic E-state index is -0.0232. The zero-order valence-corrected chi connectivity index (χ0v) is 6.59. The highest BCUT2D eigenvalue weighted by molar-refractivity contribution is 5.70. The van der Waals surface area contributed by atoms with Crippen molar-refractivity contribution >= 4 is 5.97 Å². The van der Waals surface area contributed by atoms with Crippen LogP contribution in [0.25, 0.3) is 0 Å². The van der Waals surface area contributed by atoms with Crippen LogP contribution in [0.15, 0.2) is 0 Å². The molecule has 0 aromatic heterocycles. The Morgan fingerprint density at radius 1 is 1.60 bits per heavy atom. The third-order valence-corrected chi connectivity index (χ3v) is 2.12. The second-order valence-corrected chi connectivity index (χ2v) is 3.22. The number of hydrogen-bond acceptors (Lipinski definition) is 2. The highest BCUT2D eigenvalue weighted by Crippen LogP contribution is 2.23. The van der Waals surface area contributed by atoms with E-state index in [4.69, 9.17) is 4.74 Å². The molecule has 0 radical (unpaired) electrons. The van der Waals surface area contributed by atoms with Crippen LogP contribution in [-0.2, 0) is 9.53 Å². The lowest BCUT2D eigenvalue weighted by molar-refractivity contribution is -0.149. The molecule has 0 unspecified atom stereocenters. The molecule has 0 amide bonds. The molecule has 1 saturated heterocycles. The van der Waals surface area contributed by atoms with Gasteiger partial charge in [0.15, 0.2) is 0 Å². The average molecular weight is 142 g/mol. The van der Waals surface area contributed by atoms with Crippen molar-refractivity contribution in [3.05, 3.63) is 0 Å². The first kappa shape index (κ1) is 7.58. The Balaban J connectivity index is 2.39. The molecule has 1 heterocycles. The van der Waals surface area contributed by atoms with Crippen molar-refractivity contribution in [1.82, 2.24) is 0 Å². The summed E-state index contributed by atoms with van der Waals surface area (Å²) >= 11 is 0. The minimum absolute atomic E-state index is 0.0232. The average Bonchev–Trinajstić information content (AvgIpc) is 1.88. The lowest BCUT2D eigenvalue weighted by atomic mass is 9.89. The van der Waals surface area contributed by atoms with E-state index in [0.29, 0.717) is 24.9 Å². The van der Waals surface area contributed by atoms with Crippen LogP contribution >= 0.6 is 0 Å². The van der Waals surface area contributed by atoms with Gasteiger partial charge < -0.3 is 4.74 Å². The van der Waals surface area contributed by atoms with E-state index >= 15 is 0 Å². The Morgan fingerprint density at radius 3 is 2.70 bits per heavy atom. The van der Waals surface area contributed by atoms with Gasteiger partial charge >= 0.3 is 5.97 Å². The number of ether oxygens (including phenoxy) is 1. The van der Waals surface area contributed by atoms with E-state index in [2.05, 4.69) is 13.8 Å². The number of hydrogen-bond donors (Lipinski definition) is 0. The second kappa shape index (κ2) is 3.04. The van der Waals surface area contributed by atoms with Crippen molar-refractivity contribution in [2.75, 3.05) is 6.61 Å². The molecule has 0 bridgehead atoms. The van der Waals surface area contributed by atoms with Crippen LogP contribution in [0.3, 0.4) is 0 Å². The molecular weight excluding hydrogens is 128 g/mol. The first-order valence-corrected chi connectivity index (χ1v) is 3.86. The molecule has 2 heteroatoms.